The number of hydrogen-bond acceptors (Lipinski definition) is 4. The maximum atomic E-state index is 6.06. The quantitative estimate of drug-likeness (QED) is 0.810. The van der Waals surface area contributed by atoms with Gasteiger partial charge < -0.3 is 15.2 Å². The van der Waals surface area contributed by atoms with Crippen LogP contribution < -0.4 is 10.5 Å². The molecule has 0 atom stereocenters. The molecule has 2 N–H and O–H groups in total. The van der Waals surface area contributed by atoms with Crippen LogP contribution in [0.3, 0.4) is 0 Å². The molecule has 5 heteroatoms. The second-order valence-electron chi connectivity index (χ2n) is 4.26. The van der Waals surface area contributed by atoms with E-state index >= 15 is 0 Å². The van der Waals surface area contributed by atoms with E-state index in [1.807, 2.05) is 37.3 Å². The minimum absolute atomic E-state index is 0.569. The second-order valence-corrected chi connectivity index (χ2v) is 4.26. The van der Waals surface area contributed by atoms with Crippen molar-refractivity contribution in [3.05, 3.63) is 35.9 Å². The van der Waals surface area contributed by atoms with Gasteiger partial charge >= 0.3 is 0 Å². The average Bonchev–Trinajstić information content (AvgIpc) is 2.73. The van der Waals surface area contributed by atoms with Gasteiger partial charge in [0, 0.05) is 20.1 Å². The van der Waals surface area contributed by atoms with Crippen LogP contribution in [0.4, 0.5) is 5.82 Å². The van der Waals surface area contributed by atoms with Crippen LogP contribution in [-0.2, 0) is 4.74 Å². The molecule has 2 rings (SSSR count). The van der Waals surface area contributed by atoms with Crippen LogP contribution in [0.15, 0.2) is 30.3 Å². The number of methoxy groups -OCH3 is 1. The number of hydrogen-bond donors (Lipinski definition) is 1. The summed E-state index contributed by atoms with van der Waals surface area (Å²) in [4.78, 5) is 0. The van der Waals surface area contributed by atoms with E-state index < -0.39 is 0 Å². The predicted octanol–water partition coefficient (Wildman–Crippen LogP) is 2.18. The Labute approximate surface area is 112 Å². The number of rotatable bonds is 6. The van der Waals surface area contributed by atoms with Crippen LogP contribution >= 0.6 is 0 Å². The number of benzene rings is 1. The smallest absolute Gasteiger partial charge is 0.238 e. The first kappa shape index (κ1) is 13.4. The van der Waals surface area contributed by atoms with Crippen molar-refractivity contribution < 1.29 is 9.47 Å². The molecule has 0 amide bonds. The number of nitrogens with zero attached hydrogens (tertiary/aromatic N) is 2. The Bertz CT molecular complexity index is 523. The third-order valence-corrected chi connectivity index (χ3v) is 2.86. The Kier molecular flexibility index (Phi) is 4.41. The minimum atomic E-state index is 0.569. The van der Waals surface area contributed by atoms with Gasteiger partial charge in [0.15, 0.2) is 0 Å². The molecule has 0 saturated carbocycles. The molecular weight excluding hydrogens is 242 g/mol. The lowest BCUT2D eigenvalue weighted by molar-refractivity contribution is 0.170. The van der Waals surface area contributed by atoms with Gasteiger partial charge in [-0.3, -0.25) is 0 Å². The average molecular weight is 261 g/mol. The van der Waals surface area contributed by atoms with Crippen LogP contribution in [-0.4, -0.2) is 30.1 Å². The van der Waals surface area contributed by atoms with Gasteiger partial charge in [0.2, 0.25) is 5.88 Å². The van der Waals surface area contributed by atoms with E-state index in [4.69, 9.17) is 15.2 Å². The molecule has 5 nitrogen and oxygen atoms in total. The fourth-order valence-corrected chi connectivity index (χ4v) is 1.76. The lowest BCUT2D eigenvalue weighted by Gasteiger charge is -2.03. The van der Waals surface area contributed by atoms with E-state index in [0.29, 0.717) is 24.9 Å². The molecule has 19 heavy (non-hydrogen) atoms. The van der Waals surface area contributed by atoms with Crippen molar-refractivity contribution in [1.82, 2.24) is 9.78 Å². The summed E-state index contributed by atoms with van der Waals surface area (Å²) in [5.41, 5.74) is 7.85. The van der Waals surface area contributed by atoms with Crippen molar-refractivity contribution in [2.45, 2.75) is 13.3 Å². The first-order valence-corrected chi connectivity index (χ1v) is 6.26. The van der Waals surface area contributed by atoms with Crippen molar-refractivity contribution in [3.63, 3.8) is 0 Å². The van der Waals surface area contributed by atoms with E-state index in [1.54, 1.807) is 11.8 Å². The maximum Gasteiger partial charge on any atom is 0.238 e. The third kappa shape index (κ3) is 3.06. The van der Waals surface area contributed by atoms with Gasteiger partial charge in [-0.2, -0.15) is 0 Å². The van der Waals surface area contributed by atoms with Crippen LogP contribution in [0.1, 0.15) is 12.0 Å². The third-order valence-electron chi connectivity index (χ3n) is 2.86. The molecule has 1 aromatic heterocycles. The Balaban J connectivity index is 2.14. The molecule has 0 fully saturated rings. The van der Waals surface area contributed by atoms with Crippen LogP contribution in [0.2, 0.25) is 0 Å². The molecule has 0 aliphatic heterocycles. The van der Waals surface area contributed by atoms with E-state index in [-0.39, 0.29) is 0 Å². The Morgan fingerprint density at radius 2 is 1.95 bits per heavy atom. The number of para-hydroxylation sites is 1. The van der Waals surface area contributed by atoms with Crippen LogP contribution in [0.25, 0.3) is 5.69 Å². The number of ether oxygens (including phenoxy) is 2. The van der Waals surface area contributed by atoms with Gasteiger partial charge in [0.05, 0.1) is 17.9 Å². The lowest BCUT2D eigenvalue weighted by Crippen LogP contribution is -2.03. The zero-order valence-corrected chi connectivity index (χ0v) is 11.3. The molecule has 0 aliphatic rings. The van der Waals surface area contributed by atoms with Crippen molar-refractivity contribution in [3.8, 4) is 11.6 Å². The topological polar surface area (TPSA) is 62.3 Å². The summed E-state index contributed by atoms with van der Waals surface area (Å²) >= 11 is 0. The highest BCUT2D eigenvalue weighted by molar-refractivity contribution is 5.51. The highest BCUT2D eigenvalue weighted by Gasteiger charge is 2.13. The summed E-state index contributed by atoms with van der Waals surface area (Å²) in [6.07, 6.45) is 0.827. The number of nitrogens with two attached hydrogens (primary N) is 1. The van der Waals surface area contributed by atoms with Crippen molar-refractivity contribution in [2.75, 3.05) is 26.1 Å². The fourth-order valence-electron chi connectivity index (χ4n) is 1.76. The first-order chi connectivity index (χ1) is 9.24. The molecule has 0 bridgehead atoms. The number of aromatic nitrogens is 2. The Hall–Kier alpha value is -2.01. The summed E-state index contributed by atoms with van der Waals surface area (Å²) in [6, 6.07) is 9.77. The minimum Gasteiger partial charge on any atom is -0.476 e. The highest BCUT2D eigenvalue weighted by atomic mass is 16.5. The lowest BCUT2D eigenvalue weighted by atomic mass is 10.3. The van der Waals surface area contributed by atoms with Crippen LogP contribution in [0, 0.1) is 6.92 Å². The molecule has 0 radical (unpaired) electrons. The summed E-state index contributed by atoms with van der Waals surface area (Å²) in [5.74, 6) is 1.19. The van der Waals surface area contributed by atoms with Gasteiger partial charge in [-0.1, -0.05) is 18.2 Å². The first-order valence-electron chi connectivity index (χ1n) is 6.26. The molecule has 102 valence electrons. The van der Waals surface area contributed by atoms with Gasteiger partial charge in [0.25, 0.3) is 0 Å². The van der Waals surface area contributed by atoms with E-state index in [9.17, 15) is 0 Å². The zero-order chi connectivity index (χ0) is 13.7. The Morgan fingerprint density at radius 1 is 1.21 bits per heavy atom. The summed E-state index contributed by atoms with van der Waals surface area (Å²) < 4.78 is 12.3. The summed E-state index contributed by atoms with van der Waals surface area (Å²) in [7, 11) is 1.67. The van der Waals surface area contributed by atoms with Gasteiger partial charge in [0.1, 0.15) is 5.82 Å². The molecule has 2 aromatic rings. The largest absolute Gasteiger partial charge is 0.476 e. The molecule has 0 unspecified atom stereocenters. The molecular formula is C14H19N3O2. The van der Waals surface area contributed by atoms with Gasteiger partial charge in [-0.05, 0) is 19.1 Å². The van der Waals surface area contributed by atoms with Crippen molar-refractivity contribution in [2.24, 2.45) is 0 Å². The molecule has 1 aromatic carbocycles. The monoisotopic (exact) mass is 261 g/mol. The summed E-state index contributed by atoms with van der Waals surface area (Å²) in [5, 5.41) is 4.41. The Morgan fingerprint density at radius 3 is 2.63 bits per heavy atom. The second kappa shape index (κ2) is 6.24. The fraction of sp³-hybridized carbons (Fsp3) is 0.357. The molecule has 1 heterocycles. The van der Waals surface area contributed by atoms with Gasteiger partial charge in [-0.15, -0.1) is 5.10 Å². The van der Waals surface area contributed by atoms with Gasteiger partial charge in [-0.25, -0.2) is 4.68 Å². The molecule has 0 spiro atoms. The van der Waals surface area contributed by atoms with Crippen molar-refractivity contribution >= 4 is 5.82 Å². The van der Waals surface area contributed by atoms with E-state index in [0.717, 1.165) is 17.7 Å². The molecule has 0 aliphatic carbocycles. The normalized spacial score (nSPS) is 10.6. The van der Waals surface area contributed by atoms with E-state index in [2.05, 4.69) is 5.10 Å². The summed E-state index contributed by atoms with van der Waals surface area (Å²) in [6.45, 7) is 3.15. The van der Waals surface area contributed by atoms with Crippen molar-refractivity contribution in [1.29, 1.82) is 0 Å². The molecule has 0 saturated heterocycles. The SMILES string of the molecule is COCCCOc1nn(-c2ccccc2)c(N)c1C. The number of nitrogen functional groups attached to an aromatic ring is 1. The van der Waals surface area contributed by atoms with Crippen LogP contribution in [0.5, 0.6) is 5.88 Å². The maximum absolute atomic E-state index is 6.06. The predicted molar refractivity (Wildman–Crippen MR) is 74.7 cm³/mol. The standard InChI is InChI=1S/C14H19N3O2/c1-11-13(15)17(12-7-4-3-5-8-12)16-14(11)19-10-6-9-18-2/h3-5,7-8H,6,9-10,15H2,1-2H3. The highest BCUT2D eigenvalue weighted by Crippen LogP contribution is 2.25. The van der Waals surface area contributed by atoms with E-state index in [1.165, 1.54) is 0 Å². The number of anilines is 1. The zero-order valence-electron chi connectivity index (χ0n) is 11.3.